The van der Waals surface area contributed by atoms with E-state index >= 15 is 0 Å². The molecule has 3 nitrogen and oxygen atoms in total. The highest BCUT2D eigenvalue weighted by Gasteiger charge is 2.11. The Morgan fingerprint density at radius 1 is 0.480 bits per heavy atom. The van der Waals surface area contributed by atoms with E-state index in [-0.39, 0.29) is 0 Å². The van der Waals surface area contributed by atoms with Gasteiger partial charge in [-0.25, -0.2) is 15.0 Å². The Morgan fingerprint density at radius 2 is 0.920 bits per heavy atom. The summed E-state index contributed by atoms with van der Waals surface area (Å²) in [4.78, 5) is 14.1. The molecule has 0 atom stereocenters. The van der Waals surface area contributed by atoms with Crippen LogP contribution in [-0.2, 0) is 0 Å². The van der Waals surface area contributed by atoms with E-state index in [9.17, 15) is 0 Å². The van der Waals surface area contributed by atoms with E-state index in [2.05, 4.69) is 34.7 Å². The molecule has 25 heavy (non-hydrogen) atoms. The van der Waals surface area contributed by atoms with Crippen LogP contribution in [0, 0.1) is 3.57 Å². The molecular weight excluding hydrogens is 421 g/mol. The molecule has 4 aromatic rings. The van der Waals surface area contributed by atoms with Crippen molar-refractivity contribution < 1.29 is 0 Å². The normalized spacial score (nSPS) is 10.6. The number of rotatable bonds is 3. The van der Waals surface area contributed by atoms with Crippen molar-refractivity contribution in [1.82, 2.24) is 15.0 Å². The molecule has 4 heteroatoms. The summed E-state index contributed by atoms with van der Waals surface area (Å²) in [6.45, 7) is 0. The van der Waals surface area contributed by atoms with E-state index in [4.69, 9.17) is 15.0 Å². The lowest BCUT2D eigenvalue weighted by atomic mass is 10.1. The van der Waals surface area contributed by atoms with Crippen molar-refractivity contribution in [2.75, 3.05) is 0 Å². The molecule has 3 aromatic carbocycles. The lowest BCUT2D eigenvalue weighted by molar-refractivity contribution is 1.07. The van der Waals surface area contributed by atoms with Gasteiger partial charge in [-0.1, -0.05) is 72.8 Å². The number of benzene rings is 3. The second kappa shape index (κ2) is 7.11. The molecule has 0 aliphatic heterocycles. The van der Waals surface area contributed by atoms with Gasteiger partial charge in [0, 0.05) is 20.3 Å². The van der Waals surface area contributed by atoms with Gasteiger partial charge in [0.15, 0.2) is 17.5 Å². The summed E-state index contributed by atoms with van der Waals surface area (Å²) in [5, 5.41) is 0. The number of aromatic nitrogens is 3. The molecule has 1 heterocycles. The van der Waals surface area contributed by atoms with Gasteiger partial charge in [0.2, 0.25) is 0 Å². The smallest absolute Gasteiger partial charge is 0.164 e. The summed E-state index contributed by atoms with van der Waals surface area (Å²) in [6, 6.07) is 28.2. The summed E-state index contributed by atoms with van der Waals surface area (Å²) >= 11 is 2.30. The molecule has 0 fully saturated rings. The van der Waals surface area contributed by atoms with E-state index in [1.807, 2.05) is 72.8 Å². The van der Waals surface area contributed by atoms with E-state index in [1.165, 1.54) is 0 Å². The molecule has 120 valence electrons. The molecule has 0 spiro atoms. The maximum absolute atomic E-state index is 4.71. The molecule has 4 rings (SSSR count). The van der Waals surface area contributed by atoms with Crippen molar-refractivity contribution in [3.05, 3.63) is 88.5 Å². The summed E-state index contributed by atoms with van der Waals surface area (Å²) in [5.74, 6) is 2.05. The topological polar surface area (TPSA) is 38.7 Å². The van der Waals surface area contributed by atoms with Crippen molar-refractivity contribution in [3.63, 3.8) is 0 Å². The van der Waals surface area contributed by atoms with Crippen LogP contribution < -0.4 is 0 Å². The SMILES string of the molecule is Ic1cccc(-c2nc(-c3ccccc3)nc(-c3ccccc3)n2)c1. The minimum absolute atomic E-state index is 0.684. The highest BCUT2D eigenvalue weighted by molar-refractivity contribution is 14.1. The molecular formula is C21H14IN3. The molecule has 0 unspecified atom stereocenters. The van der Waals surface area contributed by atoms with E-state index in [1.54, 1.807) is 0 Å². The Balaban J connectivity index is 1.92. The average molecular weight is 435 g/mol. The molecule has 0 bridgehead atoms. The van der Waals surface area contributed by atoms with Crippen molar-refractivity contribution >= 4 is 22.6 Å². The van der Waals surface area contributed by atoms with Crippen LogP contribution in [0.2, 0.25) is 0 Å². The summed E-state index contributed by atoms with van der Waals surface area (Å²) < 4.78 is 1.15. The van der Waals surface area contributed by atoms with Crippen molar-refractivity contribution in [3.8, 4) is 34.2 Å². The standard InChI is InChI=1S/C21H14IN3/c22-18-13-7-12-17(14-18)21-24-19(15-8-3-1-4-9-15)23-20(25-21)16-10-5-2-6-11-16/h1-14H. The number of halogens is 1. The molecule has 0 saturated heterocycles. The third kappa shape index (κ3) is 3.58. The van der Waals surface area contributed by atoms with Gasteiger partial charge in [-0.05, 0) is 34.7 Å². The fourth-order valence-electron chi connectivity index (χ4n) is 2.57. The number of hydrogen-bond donors (Lipinski definition) is 0. The fraction of sp³-hybridized carbons (Fsp3) is 0. The van der Waals surface area contributed by atoms with E-state index < -0.39 is 0 Å². The first-order valence-corrected chi connectivity index (χ1v) is 9.00. The maximum Gasteiger partial charge on any atom is 0.164 e. The molecule has 0 aliphatic rings. The van der Waals surface area contributed by atoms with Gasteiger partial charge in [0.25, 0.3) is 0 Å². The minimum Gasteiger partial charge on any atom is -0.208 e. The Kier molecular flexibility index (Phi) is 4.52. The minimum atomic E-state index is 0.684. The second-order valence-electron chi connectivity index (χ2n) is 5.55. The Labute approximate surface area is 160 Å². The largest absolute Gasteiger partial charge is 0.208 e. The molecule has 1 aromatic heterocycles. The van der Waals surface area contributed by atoms with Crippen molar-refractivity contribution in [2.24, 2.45) is 0 Å². The van der Waals surface area contributed by atoms with Crippen LogP contribution in [0.15, 0.2) is 84.9 Å². The van der Waals surface area contributed by atoms with Crippen molar-refractivity contribution in [2.45, 2.75) is 0 Å². The fourth-order valence-corrected chi connectivity index (χ4v) is 3.11. The third-order valence-corrected chi connectivity index (χ3v) is 4.45. The predicted molar refractivity (Wildman–Crippen MR) is 109 cm³/mol. The van der Waals surface area contributed by atoms with Gasteiger partial charge >= 0.3 is 0 Å². The highest BCUT2D eigenvalue weighted by Crippen LogP contribution is 2.25. The van der Waals surface area contributed by atoms with Crippen LogP contribution in [0.5, 0.6) is 0 Å². The number of hydrogen-bond acceptors (Lipinski definition) is 3. The lowest BCUT2D eigenvalue weighted by Gasteiger charge is -2.08. The van der Waals surface area contributed by atoms with Crippen LogP contribution in [0.25, 0.3) is 34.2 Å². The predicted octanol–water partition coefficient (Wildman–Crippen LogP) is 5.48. The Bertz CT molecular complexity index is 944. The molecule has 0 N–H and O–H groups in total. The Hall–Kier alpha value is -2.60. The van der Waals surface area contributed by atoms with Gasteiger partial charge in [-0.2, -0.15) is 0 Å². The average Bonchev–Trinajstić information content (AvgIpc) is 2.69. The first-order valence-electron chi connectivity index (χ1n) is 7.92. The second-order valence-corrected chi connectivity index (χ2v) is 6.79. The molecule has 0 radical (unpaired) electrons. The molecule has 0 amide bonds. The van der Waals surface area contributed by atoms with Crippen LogP contribution >= 0.6 is 22.6 Å². The zero-order valence-electron chi connectivity index (χ0n) is 13.3. The first kappa shape index (κ1) is 15.9. The number of nitrogens with zero attached hydrogens (tertiary/aromatic N) is 3. The van der Waals surface area contributed by atoms with Crippen LogP contribution in [-0.4, -0.2) is 15.0 Å². The van der Waals surface area contributed by atoms with Gasteiger partial charge < -0.3 is 0 Å². The summed E-state index contributed by atoms with van der Waals surface area (Å²) in [5.41, 5.74) is 2.95. The third-order valence-electron chi connectivity index (χ3n) is 3.78. The first-order chi connectivity index (χ1) is 12.3. The van der Waals surface area contributed by atoms with Crippen LogP contribution in [0.3, 0.4) is 0 Å². The molecule has 0 aliphatic carbocycles. The monoisotopic (exact) mass is 435 g/mol. The zero-order chi connectivity index (χ0) is 17.1. The van der Waals surface area contributed by atoms with Gasteiger partial charge in [-0.3, -0.25) is 0 Å². The Morgan fingerprint density at radius 3 is 1.40 bits per heavy atom. The summed E-state index contributed by atoms with van der Waals surface area (Å²) in [6.07, 6.45) is 0. The van der Waals surface area contributed by atoms with Gasteiger partial charge in [0.05, 0.1) is 0 Å². The van der Waals surface area contributed by atoms with Gasteiger partial charge in [-0.15, -0.1) is 0 Å². The van der Waals surface area contributed by atoms with Gasteiger partial charge in [0.1, 0.15) is 0 Å². The van der Waals surface area contributed by atoms with E-state index in [0.717, 1.165) is 20.3 Å². The van der Waals surface area contributed by atoms with Crippen molar-refractivity contribution in [1.29, 1.82) is 0 Å². The zero-order valence-corrected chi connectivity index (χ0v) is 15.5. The van der Waals surface area contributed by atoms with Crippen LogP contribution in [0.4, 0.5) is 0 Å². The maximum atomic E-state index is 4.71. The molecule has 0 saturated carbocycles. The van der Waals surface area contributed by atoms with Crippen LogP contribution in [0.1, 0.15) is 0 Å². The summed E-state index contributed by atoms with van der Waals surface area (Å²) in [7, 11) is 0. The van der Waals surface area contributed by atoms with E-state index in [0.29, 0.717) is 17.5 Å². The lowest BCUT2D eigenvalue weighted by Crippen LogP contribution is -2.00. The highest BCUT2D eigenvalue weighted by atomic mass is 127. The quantitative estimate of drug-likeness (QED) is 0.401.